The van der Waals surface area contributed by atoms with Crippen LogP contribution in [0.2, 0.25) is 0 Å². The number of rotatable bonds is 4. The van der Waals surface area contributed by atoms with E-state index in [2.05, 4.69) is 39.4 Å². The second-order valence-corrected chi connectivity index (χ2v) is 6.89. The van der Waals surface area contributed by atoms with Crippen molar-refractivity contribution >= 4 is 17.7 Å². The quantitative estimate of drug-likeness (QED) is 0.646. The first-order valence-electron chi connectivity index (χ1n) is 6.67. The molecule has 0 radical (unpaired) electrons. The van der Waals surface area contributed by atoms with Gasteiger partial charge in [0.2, 0.25) is 0 Å². The number of aliphatic imine (C=N–C) groups is 1. The minimum atomic E-state index is 0.353. The molecule has 0 aliphatic carbocycles. The molecule has 0 bridgehead atoms. The second kappa shape index (κ2) is 6.32. The first kappa shape index (κ1) is 14.2. The molecule has 19 heavy (non-hydrogen) atoms. The minimum Gasteiger partial charge on any atom is -0.355 e. The van der Waals surface area contributed by atoms with Crippen molar-refractivity contribution < 1.29 is 0 Å². The number of aryl methyl sites for hydroxylation is 1. The molecular weight excluding hydrogens is 258 g/mol. The molecule has 2 heterocycles. The number of thioether (sulfide) groups is 1. The highest BCUT2D eigenvalue weighted by Gasteiger charge is 2.29. The summed E-state index contributed by atoms with van der Waals surface area (Å²) in [6.07, 6.45) is 6.48. The fourth-order valence-corrected chi connectivity index (χ4v) is 3.46. The third-order valence-corrected chi connectivity index (χ3v) is 4.91. The number of nitrogens with one attached hydrogen (secondary N) is 2. The van der Waals surface area contributed by atoms with E-state index in [1.807, 2.05) is 31.2 Å². The first-order valence-corrected chi connectivity index (χ1v) is 7.66. The van der Waals surface area contributed by atoms with E-state index < -0.39 is 0 Å². The zero-order chi connectivity index (χ0) is 13.7. The van der Waals surface area contributed by atoms with Gasteiger partial charge in [-0.3, -0.25) is 9.67 Å². The van der Waals surface area contributed by atoms with E-state index in [4.69, 9.17) is 0 Å². The Labute approximate surface area is 119 Å². The third kappa shape index (κ3) is 4.16. The monoisotopic (exact) mass is 281 g/mol. The van der Waals surface area contributed by atoms with Crippen LogP contribution in [0.5, 0.6) is 0 Å². The maximum atomic E-state index is 4.26. The van der Waals surface area contributed by atoms with Gasteiger partial charge >= 0.3 is 0 Å². The summed E-state index contributed by atoms with van der Waals surface area (Å²) in [5.74, 6) is 2.14. The summed E-state index contributed by atoms with van der Waals surface area (Å²) in [7, 11) is 3.73. The van der Waals surface area contributed by atoms with E-state index in [-0.39, 0.29) is 0 Å². The fourth-order valence-electron chi connectivity index (χ4n) is 2.22. The maximum Gasteiger partial charge on any atom is 0.191 e. The van der Waals surface area contributed by atoms with Crippen LogP contribution in [0.15, 0.2) is 17.4 Å². The van der Waals surface area contributed by atoms with Crippen LogP contribution in [0.1, 0.15) is 25.3 Å². The Morgan fingerprint density at radius 3 is 3.00 bits per heavy atom. The van der Waals surface area contributed by atoms with Gasteiger partial charge < -0.3 is 10.6 Å². The van der Waals surface area contributed by atoms with Crippen LogP contribution in [0.25, 0.3) is 0 Å². The maximum absolute atomic E-state index is 4.26. The van der Waals surface area contributed by atoms with Gasteiger partial charge in [0.25, 0.3) is 0 Å². The van der Waals surface area contributed by atoms with Crippen molar-refractivity contribution in [2.45, 2.75) is 31.1 Å². The summed E-state index contributed by atoms with van der Waals surface area (Å²) in [6, 6.07) is 0. The molecule has 0 spiro atoms. The first-order chi connectivity index (χ1) is 9.11. The highest BCUT2D eigenvalue weighted by molar-refractivity contribution is 8.00. The lowest BCUT2D eigenvalue weighted by atomic mass is 10.1. The summed E-state index contributed by atoms with van der Waals surface area (Å²) in [5.41, 5.74) is 1.16. The largest absolute Gasteiger partial charge is 0.355 e. The Hall–Kier alpha value is -1.17. The average Bonchev–Trinajstić information content (AvgIpc) is 2.99. The number of guanidine groups is 1. The van der Waals surface area contributed by atoms with Crippen LogP contribution in [0.3, 0.4) is 0 Å². The topological polar surface area (TPSA) is 54.2 Å². The molecule has 1 aromatic heterocycles. The molecule has 1 saturated heterocycles. The number of hydrogen-bond acceptors (Lipinski definition) is 3. The van der Waals surface area contributed by atoms with Crippen LogP contribution < -0.4 is 10.6 Å². The summed E-state index contributed by atoms with van der Waals surface area (Å²) in [6.45, 7) is 4.04. The summed E-state index contributed by atoms with van der Waals surface area (Å²) >= 11 is 2.06. The molecule has 1 fully saturated rings. The van der Waals surface area contributed by atoms with Crippen LogP contribution in [-0.4, -0.2) is 39.8 Å². The third-order valence-electron chi connectivity index (χ3n) is 3.37. The molecule has 6 heteroatoms. The smallest absolute Gasteiger partial charge is 0.191 e. The normalized spacial score (nSPS) is 23.6. The highest BCUT2D eigenvalue weighted by atomic mass is 32.2. The zero-order valence-corrected chi connectivity index (χ0v) is 12.8. The van der Waals surface area contributed by atoms with E-state index in [1.165, 1.54) is 18.6 Å². The van der Waals surface area contributed by atoms with E-state index in [1.54, 1.807) is 0 Å². The molecule has 5 nitrogen and oxygen atoms in total. The molecular formula is C13H23N5S. The fraction of sp³-hybridized carbons (Fsp3) is 0.692. The summed E-state index contributed by atoms with van der Waals surface area (Å²) in [5, 5.41) is 10.9. The van der Waals surface area contributed by atoms with Crippen molar-refractivity contribution in [1.82, 2.24) is 20.4 Å². The molecule has 2 N–H and O–H groups in total. The lowest BCUT2D eigenvalue weighted by molar-refractivity contribution is 0.584. The molecule has 0 amide bonds. The average molecular weight is 281 g/mol. The lowest BCUT2D eigenvalue weighted by Gasteiger charge is -2.24. The molecule has 2 rings (SSSR count). The van der Waals surface area contributed by atoms with Gasteiger partial charge in [0.15, 0.2) is 5.96 Å². The molecule has 1 atom stereocenters. The van der Waals surface area contributed by atoms with Crippen LogP contribution in [0.4, 0.5) is 0 Å². The highest BCUT2D eigenvalue weighted by Crippen LogP contribution is 2.36. The second-order valence-electron chi connectivity index (χ2n) is 5.20. The predicted molar refractivity (Wildman–Crippen MR) is 81.5 cm³/mol. The Bertz CT molecular complexity index is 434. The van der Waals surface area contributed by atoms with Crippen molar-refractivity contribution in [2.24, 2.45) is 12.0 Å². The minimum absolute atomic E-state index is 0.353. The zero-order valence-electron chi connectivity index (χ0n) is 11.9. The lowest BCUT2D eigenvalue weighted by Crippen LogP contribution is -2.43. The Morgan fingerprint density at radius 1 is 1.58 bits per heavy atom. The Kier molecular flexibility index (Phi) is 4.74. The molecule has 1 aromatic rings. The molecule has 106 valence electrons. The number of aromatic nitrogens is 2. The van der Waals surface area contributed by atoms with Crippen molar-refractivity contribution in [3.63, 3.8) is 0 Å². The van der Waals surface area contributed by atoms with Gasteiger partial charge in [-0.2, -0.15) is 16.9 Å². The van der Waals surface area contributed by atoms with Gasteiger partial charge in [0.05, 0.1) is 6.20 Å². The van der Waals surface area contributed by atoms with Gasteiger partial charge in [-0.05, 0) is 25.5 Å². The summed E-state index contributed by atoms with van der Waals surface area (Å²) in [4.78, 5) is 4.26. The molecule has 1 aliphatic heterocycles. The van der Waals surface area contributed by atoms with Crippen molar-refractivity contribution in [2.75, 3.05) is 19.3 Å². The van der Waals surface area contributed by atoms with E-state index >= 15 is 0 Å². The van der Waals surface area contributed by atoms with E-state index in [9.17, 15) is 0 Å². The Balaban J connectivity index is 1.77. The standard InChI is InChI=1S/C13H23N5S/c1-13(5-4-6-19-13)10-16-12(14-2)15-7-11-8-17-18(3)9-11/h8-9H,4-7,10H2,1-3H3,(H2,14,15,16). The van der Waals surface area contributed by atoms with Crippen molar-refractivity contribution in [3.8, 4) is 0 Å². The molecule has 0 saturated carbocycles. The van der Waals surface area contributed by atoms with Crippen molar-refractivity contribution in [1.29, 1.82) is 0 Å². The van der Waals surface area contributed by atoms with Gasteiger partial charge in [-0.1, -0.05) is 0 Å². The van der Waals surface area contributed by atoms with Crippen LogP contribution >= 0.6 is 11.8 Å². The van der Waals surface area contributed by atoms with Gasteiger partial charge in [0.1, 0.15) is 0 Å². The van der Waals surface area contributed by atoms with Crippen LogP contribution in [-0.2, 0) is 13.6 Å². The molecule has 1 aliphatic rings. The molecule has 1 unspecified atom stereocenters. The Morgan fingerprint density at radius 2 is 2.42 bits per heavy atom. The van der Waals surface area contributed by atoms with E-state index in [0.29, 0.717) is 4.75 Å². The molecule has 0 aromatic carbocycles. The van der Waals surface area contributed by atoms with Crippen molar-refractivity contribution in [3.05, 3.63) is 18.0 Å². The van der Waals surface area contributed by atoms with Crippen LogP contribution in [0, 0.1) is 0 Å². The van der Waals surface area contributed by atoms with Gasteiger partial charge in [0, 0.05) is 43.7 Å². The predicted octanol–water partition coefficient (Wildman–Crippen LogP) is 1.37. The summed E-state index contributed by atoms with van der Waals surface area (Å²) < 4.78 is 2.16. The van der Waals surface area contributed by atoms with Gasteiger partial charge in [-0.25, -0.2) is 0 Å². The number of hydrogen-bond donors (Lipinski definition) is 2. The van der Waals surface area contributed by atoms with E-state index in [0.717, 1.165) is 24.6 Å². The van der Waals surface area contributed by atoms with Gasteiger partial charge in [-0.15, -0.1) is 0 Å². The SMILES string of the molecule is CN=C(NCc1cnn(C)c1)NCC1(C)CCCS1. The number of nitrogens with zero attached hydrogens (tertiary/aromatic N) is 3.